The van der Waals surface area contributed by atoms with E-state index in [1.54, 1.807) is 10.9 Å². The lowest BCUT2D eigenvalue weighted by Crippen LogP contribution is -2.17. The second kappa shape index (κ2) is 6.55. The van der Waals surface area contributed by atoms with Crippen LogP contribution in [0.1, 0.15) is 19.4 Å². The standard InChI is InChI=1S/C10H19N3O2/c1-9(2)8-15-12-6-10-5-11-13(7-10)3-4-14/h5,7,9,12,14H,3-4,6,8H2,1-2H3. The van der Waals surface area contributed by atoms with Gasteiger partial charge in [-0.05, 0) is 5.92 Å². The Hall–Kier alpha value is -0.910. The quantitative estimate of drug-likeness (QED) is 0.513. The summed E-state index contributed by atoms with van der Waals surface area (Å²) in [7, 11) is 0. The molecule has 0 aliphatic heterocycles. The summed E-state index contributed by atoms with van der Waals surface area (Å²) >= 11 is 0. The van der Waals surface area contributed by atoms with Gasteiger partial charge in [-0.3, -0.25) is 4.68 Å². The zero-order valence-electron chi connectivity index (χ0n) is 9.31. The summed E-state index contributed by atoms with van der Waals surface area (Å²) in [5.41, 5.74) is 3.92. The molecule has 0 radical (unpaired) electrons. The zero-order valence-corrected chi connectivity index (χ0v) is 9.31. The fourth-order valence-electron chi connectivity index (χ4n) is 1.08. The van der Waals surface area contributed by atoms with Crippen LogP contribution in [0.15, 0.2) is 12.4 Å². The van der Waals surface area contributed by atoms with E-state index >= 15 is 0 Å². The van der Waals surface area contributed by atoms with Crippen molar-refractivity contribution in [3.63, 3.8) is 0 Å². The second-order valence-electron chi connectivity index (χ2n) is 3.86. The van der Waals surface area contributed by atoms with Gasteiger partial charge in [0, 0.05) is 18.3 Å². The van der Waals surface area contributed by atoms with Gasteiger partial charge in [0.2, 0.25) is 0 Å². The molecular weight excluding hydrogens is 194 g/mol. The maximum Gasteiger partial charge on any atom is 0.0705 e. The van der Waals surface area contributed by atoms with Crippen molar-refractivity contribution in [3.05, 3.63) is 18.0 Å². The largest absolute Gasteiger partial charge is 0.394 e. The van der Waals surface area contributed by atoms with Crippen LogP contribution in [0.4, 0.5) is 0 Å². The van der Waals surface area contributed by atoms with Gasteiger partial charge in [0.1, 0.15) is 0 Å². The zero-order chi connectivity index (χ0) is 11.1. The molecule has 1 heterocycles. The highest BCUT2D eigenvalue weighted by Gasteiger charge is 1.98. The Morgan fingerprint density at radius 2 is 2.40 bits per heavy atom. The van der Waals surface area contributed by atoms with Crippen molar-refractivity contribution in [2.45, 2.75) is 26.9 Å². The van der Waals surface area contributed by atoms with Gasteiger partial charge in [0.25, 0.3) is 0 Å². The first-order valence-electron chi connectivity index (χ1n) is 5.19. The number of hydrogen-bond donors (Lipinski definition) is 2. The summed E-state index contributed by atoms with van der Waals surface area (Å²) in [6.07, 6.45) is 3.66. The molecule has 0 spiro atoms. The maximum atomic E-state index is 8.70. The molecule has 0 amide bonds. The van der Waals surface area contributed by atoms with Gasteiger partial charge >= 0.3 is 0 Å². The number of nitrogens with one attached hydrogen (secondary N) is 1. The average Bonchev–Trinajstić information content (AvgIpc) is 2.61. The molecule has 1 aromatic rings. The smallest absolute Gasteiger partial charge is 0.0705 e. The van der Waals surface area contributed by atoms with Crippen LogP contribution in [-0.4, -0.2) is 28.1 Å². The molecule has 0 fully saturated rings. The Kier molecular flexibility index (Phi) is 5.31. The molecule has 0 unspecified atom stereocenters. The third kappa shape index (κ3) is 4.92. The monoisotopic (exact) mass is 213 g/mol. The van der Waals surface area contributed by atoms with Gasteiger partial charge in [-0.1, -0.05) is 13.8 Å². The van der Waals surface area contributed by atoms with E-state index < -0.39 is 0 Å². The van der Waals surface area contributed by atoms with Crippen LogP contribution in [0, 0.1) is 5.92 Å². The van der Waals surface area contributed by atoms with Crippen LogP contribution in [0.25, 0.3) is 0 Å². The van der Waals surface area contributed by atoms with Gasteiger partial charge in [0.15, 0.2) is 0 Å². The van der Waals surface area contributed by atoms with E-state index in [4.69, 9.17) is 9.94 Å². The molecular formula is C10H19N3O2. The normalized spacial score (nSPS) is 11.2. The van der Waals surface area contributed by atoms with Crippen molar-refractivity contribution in [2.24, 2.45) is 5.92 Å². The van der Waals surface area contributed by atoms with Crippen molar-refractivity contribution in [2.75, 3.05) is 13.2 Å². The fourth-order valence-corrected chi connectivity index (χ4v) is 1.08. The van der Waals surface area contributed by atoms with E-state index in [1.165, 1.54) is 0 Å². The van der Waals surface area contributed by atoms with Gasteiger partial charge in [-0.15, -0.1) is 0 Å². The number of hydrogen-bond acceptors (Lipinski definition) is 4. The Morgan fingerprint density at radius 1 is 1.60 bits per heavy atom. The second-order valence-corrected chi connectivity index (χ2v) is 3.86. The lowest BCUT2D eigenvalue weighted by molar-refractivity contribution is 0.0196. The van der Waals surface area contributed by atoms with Gasteiger partial charge in [-0.2, -0.15) is 10.6 Å². The number of aliphatic hydroxyl groups is 1. The van der Waals surface area contributed by atoms with E-state index in [-0.39, 0.29) is 6.61 Å². The highest BCUT2D eigenvalue weighted by atomic mass is 16.6. The first-order chi connectivity index (χ1) is 7.22. The molecule has 86 valence electrons. The van der Waals surface area contributed by atoms with Crippen molar-refractivity contribution in [1.29, 1.82) is 0 Å². The number of hydroxylamine groups is 1. The molecule has 5 heteroatoms. The summed E-state index contributed by atoms with van der Waals surface area (Å²) in [6, 6.07) is 0. The highest BCUT2D eigenvalue weighted by Crippen LogP contribution is 1.97. The van der Waals surface area contributed by atoms with Crippen LogP contribution >= 0.6 is 0 Å². The van der Waals surface area contributed by atoms with Crippen molar-refractivity contribution >= 4 is 0 Å². The van der Waals surface area contributed by atoms with E-state index in [1.807, 2.05) is 6.20 Å². The highest BCUT2D eigenvalue weighted by molar-refractivity contribution is 5.02. The van der Waals surface area contributed by atoms with Crippen molar-refractivity contribution in [3.8, 4) is 0 Å². The minimum atomic E-state index is 0.110. The molecule has 0 aliphatic carbocycles. The molecule has 1 aromatic heterocycles. The maximum absolute atomic E-state index is 8.70. The van der Waals surface area contributed by atoms with E-state index in [0.29, 0.717) is 25.6 Å². The van der Waals surface area contributed by atoms with E-state index in [0.717, 1.165) is 5.56 Å². The molecule has 0 atom stereocenters. The van der Waals surface area contributed by atoms with E-state index in [9.17, 15) is 0 Å². The van der Waals surface area contributed by atoms with Crippen molar-refractivity contribution in [1.82, 2.24) is 15.3 Å². The predicted octanol–water partition coefficient (Wildman–Crippen LogP) is 0.553. The topological polar surface area (TPSA) is 59.3 Å². The molecule has 2 N–H and O–H groups in total. The first-order valence-corrected chi connectivity index (χ1v) is 5.19. The van der Waals surface area contributed by atoms with Crippen LogP contribution in [-0.2, 0) is 17.9 Å². The Bertz CT molecular complexity index is 273. The summed E-state index contributed by atoms with van der Waals surface area (Å²) in [5, 5.41) is 12.8. The average molecular weight is 213 g/mol. The molecule has 0 saturated heterocycles. The molecule has 0 aromatic carbocycles. The third-order valence-corrected chi connectivity index (χ3v) is 1.81. The number of aliphatic hydroxyl groups excluding tert-OH is 1. The third-order valence-electron chi connectivity index (χ3n) is 1.81. The van der Waals surface area contributed by atoms with E-state index in [2.05, 4.69) is 24.4 Å². The minimum absolute atomic E-state index is 0.110. The lowest BCUT2D eigenvalue weighted by atomic mass is 10.2. The summed E-state index contributed by atoms with van der Waals surface area (Å²) in [4.78, 5) is 5.23. The van der Waals surface area contributed by atoms with Gasteiger partial charge in [0.05, 0.1) is 26.0 Å². The Labute approximate surface area is 90.0 Å². The van der Waals surface area contributed by atoms with Crippen LogP contribution in [0.3, 0.4) is 0 Å². The van der Waals surface area contributed by atoms with Crippen LogP contribution in [0.5, 0.6) is 0 Å². The fraction of sp³-hybridized carbons (Fsp3) is 0.700. The molecule has 15 heavy (non-hydrogen) atoms. The number of rotatable bonds is 7. The van der Waals surface area contributed by atoms with Crippen LogP contribution < -0.4 is 5.48 Å². The molecule has 0 bridgehead atoms. The Balaban J connectivity index is 2.19. The Morgan fingerprint density at radius 3 is 3.07 bits per heavy atom. The summed E-state index contributed by atoms with van der Waals surface area (Å²) in [6.45, 7) is 6.18. The van der Waals surface area contributed by atoms with Crippen LogP contribution in [0.2, 0.25) is 0 Å². The van der Waals surface area contributed by atoms with Gasteiger partial charge in [-0.25, -0.2) is 0 Å². The number of nitrogens with zero attached hydrogens (tertiary/aromatic N) is 2. The molecule has 1 rings (SSSR count). The van der Waals surface area contributed by atoms with Crippen molar-refractivity contribution < 1.29 is 9.94 Å². The predicted molar refractivity (Wildman–Crippen MR) is 56.9 cm³/mol. The van der Waals surface area contributed by atoms with Gasteiger partial charge < -0.3 is 9.94 Å². The number of aromatic nitrogens is 2. The minimum Gasteiger partial charge on any atom is -0.394 e. The summed E-state index contributed by atoms with van der Waals surface area (Å²) < 4.78 is 1.71. The molecule has 5 nitrogen and oxygen atoms in total. The molecule has 0 saturated carbocycles. The first kappa shape index (κ1) is 12.2. The molecule has 0 aliphatic rings. The lowest BCUT2D eigenvalue weighted by Gasteiger charge is -2.06. The summed E-state index contributed by atoms with van der Waals surface area (Å²) in [5.74, 6) is 0.523. The SMILES string of the molecule is CC(C)CONCc1cnn(CCO)c1.